The molecule has 0 aromatic carbocycles. The number of carbonyl (C=O) groups is 1. The van der Waals surface area contributed by atoms with E-state index in [9.17, 15) is 4.79 Å². The lowest BCUT2D eigenvalue weighted by Gasteiger charge is -2.22. The van der Waals surface area contributed by atoms with Crippen molar-refractivity contribution in [3.8, 4) is 5.82 Å². The van der Waals surface area contributed by atoms with Gasteiger partial charge < -0.3 is 10.6 Å². The van der Waals surface area contributed by atoms with E-state index < -0.39 is 0 Å². The van der Waals surface area contributed by atoms with Gasteiger partial charge in [-0.1, -0.05) is 0 Å². The first kappa shape index (κ1) is 20.9. The second-order valence-electron chi connectivity index (χ2n) is 5.99. The third-order valence-electron chi connectivity index (χ3n) is 4.23. The zero-order valence-corrected chi connectivity index (χ0v) is 16.1. The monoisotopic (exact) mass is 409 g/mol. The van der Waals surface area contributed by atoms with E-state index in [1.54, 1.807) is 35.3 Å². The molecular formula is C17H21Cl2N7O. The van der Waals surface area contributed by atoms with E-state index in [0.717, 1.165) is 25.9 Å². The van der Waals surface area contributed by atoms with Crippen LogP contribution >= 0.6 is 24.8 Å². The van der Waals surface area contributed by atoms with Crippen LogP contribution in [0, 0.1) is 0 Å². The summed E-state index contributed by atoms with van der Waals surface area (Å²) in [6, 6.07) is 7.48. The summed E-state index contributed by atoms with van der Waals surface area (Å²) in [4.78, 5) is 16.7. The van der Waals surface area contributed by atoms with Gasteiger partial charge in [0.1, 0.15) is 0 Å². The van der Waals surface area contributed by atoms with E-state index in [-0.39, 0.29) is 30.7 Å². The van der Waals surface area contributed by atoms with Crippen molar-refractivity contribution in [3.05, 3.63) is 54.7 Å². The number of anilines is 1. The first-order chi connectivity index (χ1) is 12.3. The Hall–Kier alpha value is -2.42. The standard InChI is InChI=1S/C17H19N7O.2ClH/c25-17(15-6-10-23(22-15)14-3-1-7-18-12-14)21-13-4-5-16(19-11-13)24-9-2-8-20-24;;/h2,4-6,8-11,14,18H,1,3,7,12H2,(H,21,25);2*1H. The summed E-state index contributed by atoms with van der Waals surface area (Å²) in [5.41, 5.74) is 1.02. The largest absolute Gasteiger partial charge is 0.319 e. The van der Waals surface area contributed by atoms with Crippen molar-refractivity contribution in [1.29, 1.82) is 0 Å². The molecular weight excluding hydrogens is 389 g/mol. The number of nitrogens with one attached hydrogen (secondary N) is 2. The lowest BCUT2D eigenvalue weighted by Crippen LogP contribution is -2.32. The van der Waals surface area contributed by atoms with E-state index in [2.05, 4.69) is 25.8 Å². The van der Waals surface area contributed by atoms with Crippen molar-refractivity contribution in [1.82, 2.24) is 29.9 Å². The van der Waals surface area contributed by atoms with Crippen LogP contribution in [0.1, 0.15) is 29.4 Å². The van der Waals surface area contributed by atoms with Gasteiger partial charge >= 0.3 is 0 Å². The van der Waals surface area contributed by atoms with E-state index in [0.29, 0.717) is 23.2 Å². The molecule has 1 fully saturated rings. The Morgan fingerprint density at radius 1 is 1.22 bits per heavy atom. The average molecular weight is 410 g/mol. The van der Waals surface area contributed by atoms with Crippen LogP contribution < -0.4 is 10.6 Å². The quantitative estimate of drug-likeness (QED) is 0.690. The molecule has 3 aromatic rings. The van der Waals surface area contributed by atoms with Gasteiger partial charge in [-0.2, -0.15) is 10.2 Å². The van der Waals surface area contributed by atoms with Crippen LogP contribution in [0.25, 0.3) is 5.82 Å². The Balaban J connectivity index is 0.00000131. The van der Waals surface area contributed by atoms with Crippen LogP contribution in [0.4, 0.5) is 5.69 Å². The Kier molecular flexibility index (Phi) is 7.35. The van der Waals surface area contributed by atoms with Gasteiger partial charge in [0, 0.05) is 25.1 Å². The minimum Gasteiger partial charge on any atom is -0.319 e. The topological polar surface area (TPSA) is 89.7 Å². The lowest BCUT2D eigenvalue weighted by molar-refractivity contribution is 0.102. The molecule has 4 rings (SSSR count). The van der Waals surface area contributed by atoms with Gasteiger partial charge in [0.15, 0.2) is 11.5 Å². The van der Waals surface area contributed by atoms with E-state index >= 15 is 0 Å². The summed E-state index contributed by atoms with van der Waals surface area (Å²) < 4.78 is 3.53. The maximum Gasteiger partial charge on any atom is 0.276 e. The third kappa shape index (κ3) is 4.85. The molecule has 1 unspecified atom stereocenters. The molecule has 144 valence electrons. The van der Waals surface area contributed by atoms with E-state index in [1.165, 1.54) is 0 Å². The van der Waals surface area contributed by atoms with E-state index in [1.807, 2.05) is 23.1 Å². The number of hydrogen-bond acceptors (Lipinski definition) is 5. The number of pyridine rings is 1. The van der Waals surface area contributed by atoms with Crippen LogP contribution in [-0.4, -0.2) is 43.5 Å². The van der Waals surface area contributed by atoms with Crippen LogP contribution in [0.3, 0.4) is 0 Å². The van der Waals surface area contributed by atoms with Crippen molar-refractivity contribution >= 4 is 36.4 Å². The summed E-state index contributed by atoms with van der Waals surface area (Å²) in [5.74, 6) is 0.452. The number of amides is 1. The maximum absolute atomic E-state index is 12.4. The minimum atomic E-state index is -0.240. The van der Waals surface area contributed by atoms with Gasteiger partial charge in [-0.05, 0) is 43.7 Å². The van der Waals surface area contributed by atoms with Gasteiger partial charge in [-0.15, -0.1) is 24.8 Å². The number of nitrogens with zero attached hydrogens (tertiary/aromatic N) is 5. The molecule has 4 heterocycles. The maximum atomic E-state index is 12.4. The molecule has 27 heavy (non-hydrogen) atoms. The second kappa shape index (κ2) is 9.50. The molecule has 0 spiro atoms. The number of carbonyl (C=O) groups excluding carboxylic acids is 1. The number of halogens is 2. The second-order valence-corrected chi connectivity index (χ2v) is 5.99. The molecule has 0 saturated carbocycles. The fourth-order valence-electron chi connectivity index (χ4n) is 2.92. The van der Waals surface area contributed by atoms with Gasteiger partial charge in [-0.3, -0.25) is 9.48 Å². The Labute approximate surface area is 169 Å². The van der Waals surface area contributed by atoms with Crippen molar-refractivity contribution in [2.45, 2.75) is 18.9 Å². The van der Waals surface area contributed by atoms with Gasteiger partial charge in [-0.25, -0.2) is 9.67 Å². The summed E-state index contributed by atoms with van der Waals surface area (Å²) >= 11 is 0. The highest BCUT2D eigenvalue weighted by molar-refractivity contribution is 6.02. The zero-order valence-electron chi connectivity index (χ0n) is 14.5. The summed E-state index contributed by atoms with van der Waals surface area (Å²) in [7, 11) is 0. The lowest BCUT2D eigenvalue weighted by atomic mass is 10.1. The van der Waals surface area contributed by atoms with Gasteiger partial charge in [0.2, 0.25) is 0 Å². The molecule has 10 heteroatoms. The Morgan fingerprint density at radius 3 is 2.78 bits per heavy atom. The van der Waals surface area contributed by atoms with Crippen LogP contribution in [-0.2, 0) is 0 Å². The summed E-state index contributed by atoms with van der Waals surface area (Å²) in [5, 5.41) is 14.7. The van der Waals surface area contributed by atoms with Crippen LogP contribution in [0.2, 0.25) is 0 Å². The highest BCUT2D eigenvalue weighted by Crippen LogP contribution is 2.16. The first-order valence-electron chi connectivity index (χ1n) is 8.33. The fraction of sp³-hybridized carbons (Fsp3) is 0.294. The third-order valence-corrected chi connectivity index (χ3v) is 4.23. The summed E-state index contributed by atoms with van der Waals surface area (Å²) in [6.45, 7) is 1.94. The average Bonchev–Trinajstić information content (AvgIpc) is 3.35. The Bertz CT molecular complexity index is 843. The van der Waals surface area contributed by atoms with Crippen molar-refractivity contribution in [2.24, 2.45) is 0 Å². The molecule has 3 aromatic heterocycles. The van der Waals surface area contributed by atoms with Crippen molar-refractivity contribution in [2.75, 3.05) is 18.4 Å². The molecule has 2 N–H and O–H groups in total. The molecule has 1 aliphatic rings. The minimum absolute atomic E-state index is 0. The van der Waals surface area contributed by atoms with Crippen molar-refractivity contribution in [3.63, 3.8) is 0 Å². The smallest absolute Gasteiger partial charge is 0.276 e. The zero-order chi connectivity index (χ0) is 17.1. The van der Waals surface area contributed by atoms with E-state index in [4.69, 9.17) is 0 Å². The Morgan fingerprint density at radius 2 is 2.11 bits per heavy atom. The molecule has 0 bridgehead atoms. The first-order valence-corrected chi connectivity index (χ1v) is 8.33. The SMILES string of the molecule is Cl.Cl.O=C(Nc1ccc(-n2cccn2)nc1)c1ccn(C2CCCNC2)n1. The molecule has 0 aliphatic carbocycles. The molecule has 1 aliphatic heterocycles. The van der Waals surface area contributed by atoms with Gasteiger partial charge in [0.05, 0.1) is 17.9 Å². The highest BCUT2D eigenvalue weighted by Gasteiger charge is 2.17. The molecule has 0 radical (unpaired) electrons. The molecule has 1 atom stereocenters. The fourth-order valence-corrected chi connectivity index (χ4v) is 2.92. The van der Waals surface area contributed by atoms with Crippen molar-refractivity contribution < 1.29 is 4.79 Å². The van der Waals surface area contributed by atoms with Crippen LogP contribution in [0.5, 0.6) is 0 Å². The predicted octanol–water partition coefficient (Wildman–Crippen LogP) is 2.48. The molecule has 1 saturated heterocycles. The molecule has 8 nitrogen and oxygen atoms in total. The molecule has 1 amide bonds. The number of aromatic nitrogens is 5. The highest BCUT2D eigenvalue weighted by atomic mass is 35.5. The summed E-state index contributed by atoms with van der Waals surface area (Å²) in [6.07, 6.45) is 9.18. The van der Waals surface area contributed by atoms with Crippen LogP contribution in [0.15, 0.2) is 49.1 Å². The predicted molar refractivity (Wildman–Crippen MR) is 107 cm³/mol. The number of rotatable bonds is 4. The number of hydrogen-bond donors (Lipinski definition) is 2. The van der Waals surface area contributed by atoms with Gasteiger partial charge in [0.25, 0.3) is 5.91 Å². The normalized spacial score (nSPS) is 16.1. The number of piperidine rings is 1.